The highest BCUT2D eigenvalue weighted by Gasteiger charge is 2.52. The van der Waals surface area contributed by atoms with Crippen LogP contribution in [0.2, 0.25) is 0 Å². The highest BCUT2D eigenvalue weighted by molar-refractivity contribution is 6.11. The molecule has 0 atom stereocenters. The summed E-state index contributed by atoms with van der Waals surface area (Å²) in [5.74, 6) is -0.451. The van der Waals surface area contributed by atoms with Crippen LogP contribution in [0.3, 0.4) is 0 Å². The van der Waals surface area contributed by atoms with Crippen molar-refractivity contribution in [1.29, 1.82) is 0 Å². The van der Waals surface area contributed by atoms with E-state index in [9.17, 15) is 14.4 Å². The van der Waals surface area contributed by atoms with Gasteiger partial charge in [0.15, 0.2) is 5.78 Å². The van der Waals surface area contributed by atoms with Crippen molar-refractivity contribution in [2.24, 2.45) is 0 Å². The summed E-state index contributed by atoms with van der Waals surface area (Å²) in [6.45, 7) is 4.35. The molecule has 2 aliphatic rings. The Labute approximate surface area is 164 Å². The quantitative estimate of drug-likeness (QED) is 0.641. The van der Waals surface area contributed by atoms with Gasteiger partial charge in [-0.05, 0) is 38.3 Å². The summed E-state index contributed by atoms with van der Waals surface area (Å²) in [6.07, 6.45) is 3.17. The molecule has 1 aliphatic carbocycles. The summed E-state index contributed by atoms with van der Waals surface area (Å²) in [7, 11) is 0. The van der Waals surface area contributed by atoms with Crippen LogP contribution >= 0.6 is 0 Å². The molecule has 1 aromatic heterocycles. The van der Waals surface area contributed by atoms with Gasteiger partial charge in [0.1, 0.15) is 5.54 Å². The lowest BCUT2D eigenvalue weighted by Gasteiger charge is -2.19. The van der Waals surface area contributed by atoms with Crippen molar-refractivity contribution in [3.05, 3.63) is 58.9 Å². The smallest absolute Gasteiger partial charge is 0.325 e. The maximum absolute atomic E-state index is 12.9. The number of rotatable bonds is 5. The normalized spacial score (nSPS) is 18.1. The molecule has 2 aromatic rings. The van der Waals surface area contributed by atoms with Gasteiger partial charge in [-0.3, -0.25) is 14.5 Å². The van der Waals surface area contributed by atoms with Gasteiger partial charge in [-0.25, -0.2) is 4.79 Å². The van der Waals surface area contributed by atoms with Crippen molar-refractivity contribution >= 4 is 17.7 Å². The third-order valence-electron chi connectivity index (χ3n) is 6.06. The Morgan fingerprint density at radius 3 is 2.46 bits per heavy atom. The third kappa shape index (κ3) is 3.03. The zero-order valence-corrected chi connectivity index (χ0v) is 16.3. The highest BCUT2D eigenvalue weighted by atomic mass is 16.2. The van der Waals surface area contributed by atoms with Crippen LogP contribution in [0.1, 0.15) is 53.0 Å². The zero-order chi connectivity index (χ0) is 19.9. The van der Waals surface area contributed by atoms with Gasteiger partial charge in [-0.1, -0.05) is 43.2 Å². The van der Waals surface area contributed by atoms with Crippen LogP contribution in [-0.4, -0.2) is 39.3 Å². The molecule has 1 saturated carbocycles. The van der Waals surface area contributed by atoms with Crippen LogP contribution in [-0.2, 0) is 11.3 Å². The molecular weight excluding hydrogens is 354 g/mol. The lowest BCUT2D eigenvalue weighted by atomic mass is 9.98. The molecule has 1 saturated heterocycles. The standard InChI is InChI=1S/C22H25N3O3/c1-15-12-18(16(2)24(15)13-17-8-4-3-5-9-17)19(26)14-25-20(27)22(23-21(25)28)10-6-7-11-22/h3-5,8-9,12H,6-7,10-11,13-14H2,1-2H3,(H,23,28). The largest absolute Gasteiger partial charge is 0.344 e. The number of hydrogen-bond acceptors (Lipinski definition) is 3. The molecule has 6 heteroatoms. The van der Waals surface area contributed by atoms with Crippen molar-refractivity contribution in [1.82, 2.24) is 14.8 Å². The third-order valence-corrected chi connectivity index (χ3v) is 6.06. The molecule has 1 N–H and O–H groups in total. The maximum Gasteiger partial charge on any atom is 0.325 e. The number of imide groups is 1. The lowest BCUT2D eigenvalue weighted by Crippen LogP contribution is -2.44. The number of aryl methyl sites for hydroxylation is 1. The predicted molar refractivity (Wildman–Crippen MR) is 105 cm³/mol. The molecule has 1 aliphatic heterocycles. The van der Waals surface area contributed by atoms with Gasteiger partial charge < -0.3 is 9.88 Å². The van der Waals surface area contributed by atoms with Crippen molar-refractivity contribution in [2.45, 2.75) is 51.6 Å². The molecule has 0 bridgehead atoms. The lowest BCUT2D eigenvalue weighted by molar-refractivity contribution is -0.130. The Hall–Kier alpha value is -2.89. The molecule has 3 amide bonds. The van der Waals surface area contributed by atoms with Crippen molar-refractivity contribution < 1.29 is 14.4 Å². The van der Waals surface area contributed by atoms with Crippen molar-refractivity contribution in [3.63, 3.8) is 0 Å². The van der Waals surface area contributed by atoms with E-state index in [0.29, 0.717) is 24.9 Å². The Kier molecular flexibility index (Phi) is 4.57. The number of carbonyl (C=O) groups is 3. The summed E-state index contributed by atoms with van der Waals surface area (Å²) < 4.78 is 2.09. The van der Waals surface area contributed by atoms with Crippen molar-refractivity contribution in [3.8, 4) is 0 Å². The van der Waals surface area contributed by atoms with E-state index in [1.807, 2.05) is 38.1 Å². The second-order valence-corrected chi connectivity index (χ2v) is 7.89. The van der Waals surface area contributed by atoms with Crippen LogP contribution in [0.5, 0.6) is 0 Å². The fourth-order valence-corrected chi connectivity index (χ4v) is 4.46. The van der Waals surface area contributed by atoms with Gasteiger partial charge in [0.25, 0.3) is 5.91 Å². The number of Topliss-reactive ketones (excluding diaryl/α,β-unsaturated/α-hetero) is 1. The minimum Gasteiger partial charge on any atom is -0.344 e. The monoisotopic (exact) mass is 379 g/mol. The number of aromatic nitrogens is 1. The average molecular weight is 379 g/mol. The summed E-state index contributed by atoms with van der Waals surface area (Å²) in [5, 5.41) is 2.83. The van der Waals surface area contributed by atoms with Crippen LogP contribution in [0.15, 0.2) is 36.4 Å². The molecule has 0 unspecified atom stereocenters. The fraction of sp³-hybridized carbons (Fsp3) is 0.409. The van der Waals surface area contributed by atoms with Gasteiger partial charge in [-0.2, -0.15) is 0 Å². The second kappa shape index (κ2) is 6.93. The molecule has 1 spiro atoms. The summed E-state index contributed by atoms with van der Waals surface area (Å²) in [6, 6.07) is 11.5. The van der Waals surface area contributed by atoms with E-state index in [1.165, 1.54) is 0 Å². The number of nitrogens with zero attached hydrogens (tertiary/aromatic N) is 2. The number of ketones is 1. The number of carbonyl (C=O) groups excluding carboxylic acids is 3. The van der Waals surface area contributed by atoms with Gasteiger partial charge in [0.2, 0.25) is 0 Å². The van der Waals surface area contributed by atoms with Crippen LogP contribution in [0.25, 0.3) is 0 Å². The van der Waals surface area contributed by atoms with Gasteiger partial charge in [0, 0.05) is 23.5 Å². The zero-order valence-electron chi connectivity index (χ0n) is 16.3. The first-order valence-electron chi connectivity index (χ1n) is 9.79. The molecular formula is C22H25N3O3. The number of urea groups is 1. The highest BCUT2D eigenvalue weighted by Crippen LogP contribution is 2.35. The Balaban J connectivity index is 1.53. The first-order chi connectivity index (χ1) is 13.4. The maximum atomic E-state index is 12.9. The van der Waals surface area contributed by atoms with E-state index < -0.39 is 11.6 Å². The van der Waals surface area contributed by atoms with E-state index in [2.05, 4.69) is 22.0 Å². The first kappa shape index (κ1) is 18.5. The van der Waals surface area contributed by atoms with Gasteiger partial charge >= 0.3 is 6.03 Å². The fourth-order valence-electron chi connectivity index (χ4n) is 4.46. The van der Waals surface area contributed by atoms with Crippen molar-refractivity contribution in [2.75, 3.05) is 6.54 Å². The number of nitrogens with one attached hydrogen (secondary N) is 1. The number of hydrogen-bond donors (Lipinski definition) is 1. The predicted octanol–water partition coefficient (Wildman–Crippen LogP) is 3.20. The number of benzene rings is 1. The molecule has 2 heterocycles. The summed E-state index contributed by atoms with van der Waals surface area (Å²) in [4.78, 5) is 39.2. The van der Waals surface area contributed by atoms with E-state index in [0.717, 1.165) is 34.7 Å². The SMILES string of the molecule is Cc1cc(C(=O)CN2C(=O)NC3(CCCC3)C2=O)c(C)n1Cc1ccccc1. The van der Waals surface area contributed by atoms with E-state index in [4.69, 9.17) is 0 Å². The number of amides is 3. The first-order valence-corrected chi connectivity index (χ1v) is 9.79. The molecule has 28 heavy (non-hydrogen) atoms. The van der Waals surface area contributed by atoms with Gasteiger partial charge in [0.05, 0.1) is 6.54 Å². The van der Waals surface area contributed by atoms with E-state index in [-0.39, 0.29) is 18.2 Å². The molecule has 4 rings (SSSR count). The topological polar surface area (TPSA) is 71.4 Å². The summed E-state index contributed by atoms with van der Waals surface area (Å²) in [5.41, 5.74) is 2.78. The van der Waals surface area contributed by atoms with E-state index in [1.54, 1.807) is 0 Å². The molecule has 146 valence electrons. The van der Waals surface area contributed by atoms with Crippen LogP contribution in [0, 0.1) is 13.8 Å². The molecule has 6 nitrogen and oxygen atoms in total. The minimum atomic E-state index is -0.776. The Morgan fingerprint density at radius 2 is 1.79 bits per heavy atom. The Bertz CT molecular complexity index is 939. The summed E-state index contributed by atoms with van der Waals surface area (Å²) >= 11 is 0. The molecule has 2 fully saturated rings. The van der Waals surface area contributed by atoms with E-state index >= 15 is 0 Å². The van der Waals surface area contributed by atoms with Crippen LogP contribution in [0.4, 0.5) is 4.79 Å². The van der Waals surface area contributed by atoms with Gasteiger partial charge in [-0.15, -0.1) is 0 Å². The molecule has 1 aromatic carbocycles. The van der Waals surface area contributed by atoms with Crippen LogP contribution < -0.4 is 5.32 Å². The Morgan fingerprint density at radius 1 is 1.11 bits per heavy atom. The molecule has 0 radical (unpaired) electrons. The minimum absolute atomic E-state index is 0.203. The second-order valence-electron chi connectivity index (χ2n) is 7.89. The average Bonchev–Trinajstić information content (AvgIpc) is 3.32.